The minimum atomic E-state index is 0.330. The number of rotatable bonds is 3. The van der Waals surface area contributed by atoms with Gasteiger partial charge in [-0.1, -0.05) is 18.2 Å². The summed E-state index contributed by atoms with van der Waals surface area (Å²) in [7, 11) is 4.07. The highest BCUT2D eigenvalue weighted by Crippen LogP contribution is 2.39. The molecule has 0 aliphatic heterocycles. The first kappa shape index (κ1) is 9.85. The number of para-hydroxylation sites is 1. The van der Waals surface area contributed by atoms with Crippen LogP contribution in [0.25, 0.3) is 10.9 Å². The summed E-state index contributed by atoms with van der Waals surface area (Å²) in [6, 6.07) is 8.46. The van der Waals surface area contributed by atoms with E-state index in [9.17, 15) is 0 Å². The Morgan fingerprint density at radius 1 is 1.38 bits per heavy atom. The molecule has 1 aromatic heterocycles. The second-order valence-corrected chi connectivity index (χ2v) is 4.79. The topological polar surface area (TPSA) is 29.9 Å². The lowest BCUT2D eigenvalue weighted by atomic mass is 10.1. The molecule has 1 N–H and O–H groups in total. The van der Waals surface area contributed by atoms with E-state index in [1.807, 2.05) is 11.7 Å². The maximum atomic E-state index is 4.64. The van der Waals surface area contributed by atoms with Crippen LogP contribution in [0.5, 0.6) is 0 Å². The first-order chi connectivity index (χ1) is 7.74. The zero-order valence-electron chi connectivity index (χ0n) is 9.83. The zero-order chi connectivity index (χ0) is 11.2. The highest BCUT2D eigenvalue weighted by Gasteiger charge is 2.41. The Morgan fingerprint density at radius 2 is 2.12 bits per heavy atom. The molecule has 1 heterocycles. The lowest BCUT2D eigenvalue weighted by Gasteiger charge is -2.11. The van der Waals surface area contributed by atoms with Crippen LogP contribution in [0.3, 0.4) is 0 Å². The van der Waals surface area contributed by atoms with Crippen molar-refractivity contribution in [3.63, 3.8) is 0 Å². The Kier molecular flexibility index (Phi) is 2.04. The molecule has 1 fully saturated rings. The van der Waals surface area contributed by atoms with E-state index in [1.54, 1.807) is 0 Å². The maximum absolute atomic E-state index is 4.64. The van der Waals surface area contributed by atoms with Crippen LogP contribution in [0.1, 0.15) is 18.5 Å². The number of nitrogens with one attached hydrogen (secondary N) is 1. The fourth-order valence-corrected chi connectivity index (χ4v) is 2.41. The predicted octanol–water partition coefficient (Wildman–Crippen LogP) is 1.87. The smallest absolute Gasteiger partial charge is 0.0721 e. The number of hydrogen-bond donors (Lipinski definition) is 1. The Morgan fingerprint density at radius 3 is 2.81 bits per heavy atom. The van der Waals surface area contributed by atoms with Crippen LogP contribution in [-0.2, 0) is 13.5 Å². The van der Waals surface area contributed by atoms with Gasteiger partial charge in [-0.25, -0.2) is 0 Å². The molecule has 0 saturated heterocycles. The van der Waals surface area contributed by atoms with Gasteiger partial charge in [0.2, 0.25) is 0 Å². The second-order valence-electron chi connectivity index (χ2n) is 4.79. The van der Waals surface area contributed by atoms with Gasteiger partial charge in [0, 0.05) is 24.4 Å². The molecule has 3 rings (SSSR count). The summed E-state index contributed by atoms with van der Waals surface area (Å²) >= 11 is 0. The van der Waals surface area contributed by atoms with Crippen molar-refractivity contribution in [2.24, 2.45) is 7.05 Å². The van der Waals surface area contributed by atoms with Crippen molar-refractivity contribution >= 4 is 10.9 Å². The fourth-order valence-electron chi connectivity index (χ4n) is 2.41. The van der Waals surface area contributed by atoms with Crippen molar-refractivity contribution in [2.45, 2.75) is 24.8 Å². The Balaban J connectivity index is 2.04. The molecule has 3 nitrogen and oxygen atoms in total. The minimum absolute atomic E-state index is 0.330. The standard InChI is InChI=1S/C13H17N3/c1-14-13(7-8-13)9-11-10-5-3-4-6-12(10)16(2)15-11/h3-6,14H,7-9H2,1-2H3. The molecule has 0 radical (unpaired) electrons. The molecule has 84 valence electrons. The summed E-state index contributed by atoms with van der Waals surface area (Å²) in [4.78, 5) is 0. The van der Waals surface area contributed by atoms with Gasteiger partial charge in [-0.3, -0.25) is 4.68 Å². The van der Waals surface area contributed by atoms with Crippen molar-refractivity contribution in [3.8, 4) is 0 Å². The van der Waals surface area contributed by atoms with Crippen molar-refractivity contribution in [1.29, 1.82) is 0 Å². The molecular formula is C13H17N3. The Hall–Kier alpha value is -1.35. The molecule has 2 aromatic rings. The summed E-state index contributed by atoms with van der Waals surface area (Å²) in [6.07, 6.45) is 3.59. The average Bonchev–Trinajstić information content (AvgIpc) is 3.02. The monoisotopic (exact) mass is 215 g/mol. The molecule has 16 heavy (non-hydrogen) atoms. The lowest BCUT2D eigenvalue weighted by Crippen LogP contribution is -2.29. The van der Waals surface area contributed by atoms with Gasteiger partial charge in [0.25, 0.3) is 0 Å². The van der Waals surface area contributed by atoms with E-state index in [4.69, 9.17) is 0 Å². The van der Waals surface area contributed by atoms with Gasteiger partial charge in [-0.15, -0.1) is 0 Å². The first-order valence-electron chi connectivity index (χ1n) is 5.84. The summed E-state index contributed by atoms with van der Waals surface area (Å²) in [5, 5.41) is 9.36. The van der Waals surface area contributed by atoms with Crippen LogP contribution in [0, 0.1) is 0 Å². The summed E-state index contributed by atoms with van der Waals surface area (Å²) in [6.45, 7) is 0. The zero-order valence-corrected chi connectivity index (χ0v) is 9.83. The van der Waals surface area contributed by atoms with Crippen molar-refractivity contribution < 1.29 is 0 Å². The van der Waals surface area contributed by atoms with Crippen LogP contribution in [-0.4, -0.2) is 22.4 Å². The first-order valence-corrected chi connectivity index (χ1v) is 5.84. The summed E-state index contributed by atoms with van der Waals surface area (Å²) in [5.41, 5.74) is 2.78. The molecule has 0 bridgehead atoms. The van der Waals surface area contributed by atoms with Crippen LogP contribution < -0.4 is 5.32 Å². The van der Waals surface area contributed by atoms with Crippen LogP contribution in [0.15, 0.2) is 24.3 Å². The fraction of sp³-hybridized carbons (Fsp3) is 0.462. The molecule has 1 aliphatic rings. The largest absolute Gasteiger partial charge is 0.314 e. The minimum Gasteiger partial charge on any atom is -0.314 e. The molecule has 1 saturated carbocycles. The number of benzene rings is 1. The highest BCUT2D eigenvalue weighted by atomic mass is 15.3. The summed E-state index contributed by atoms with van der Waals surface area (Å²) < 4.78 is 1.98. The third kappa shape index (κ3) is 1.43. The van der Waals surface area contributed by atoms with E-state index in [1.165, 1.54) is 29.4 Å². The van der Waals surface area contributed by atoms with E-state index in [2.05, 4.69) is 41.7 Å². The van der Waals surface area contributed by atoms with Crippen LogP contribution >= 0.6 is 0 Å². The maximum Gasteiger partial charge on any atom is 0.0721 e. The molecule has 0 spiro atoms. The van der Waals surface area contributed by atoms with Gasteiger partial charge in [0.05, 0.1) is 11.2 Å². The van der Waals surface area contributed by atoms with Crippen LogP contribution in [0.2, 0.25) is 0 Å². The van der Waals surface area contributed by atoms with E-state index in [0.717, 1.165) is 6.42 Å². The second kappa shape index (κ2) is 3.32. The Bertz CT molecular complexity index is 523. The van der Waals surface area contributed by atoms with Gasteiger partial charge < -0.3 is 5.32 Å². The molecule has 1 aromatic carbocycles. The normalized spacial score (nSPS) is 17.9. The van der Waals surface area contributed by atoms with E-state index < -0.39 is 0 Å². The van der Waals surface area contributed by atoms with E-state index >= 15 is 0 Å². The van der Waals surface area contributed by atoms with Crippen molar-refractivity contribution in [1.82, 2.24) is 15.1 Å². The molecular weight excluding hydrogens is 198 g/mol. The molecule has 0 unspecified atom stereocenters. The van der Waals surface area contributed by atoms with E-state index in [0.29, 0.717) is 5.54 Å². The number of likely N-dealkylation sites (N-methyl/N-ethyl adjacent to an activating group) is 1. The SMILES string of the molecule is CNC1(Cc2nn(C)c3ccccc23)CC1. The van der Waals surface area contributed by atoms with Gasteiger partial charge in [-0.2, -0.15) is 5.10 Å². The summed E-state index contributed by atoms with van der Waals surface area (Å²) in [5.74, 6) is 0. The predicted molar refractivity (Wildman–Crippen MR) is 65.4 cm³/mol. The quantitative estimate of drug-likeness (QED) is 0.847. The number of aryl methyl sites for hydroxylation is 1. The lowest BCUT2D eigenvalue weighted by molar-refractivity contribution is 0.539. The van der Waals surface area contributed by atoms with E-state index in [-0.39, 0.29) is 0 Å². The highest BCUT2D eigenvalue weighted by molar-refractivity contribution is 5.82. The molecule has 0 atom stereocenters. The van der Waals surface area contributed by atoms with Gasteiger partial charge >= 0.3 is 0 Å². The van der Waals surface area contributed by atoms with Gasteiger partial charge in [0.1, 0.15) is 0 Å². The van der Waals surface area contributed by atoms with Gasteiger partial charge in [-0.05, 0) is 26.0 Å². The number of hydrogen-bond acceptors (Lipinski definition) is 2. The van der Waals surface area contributed by atoms with Crippen molar-refractivity contribution in [3.05, 3.63) is 30.0 Å². The molecule has 3 heteroatoms. The molecule has 1 aliphatic carbocycles. The van der Waals surface area contributed by atoms with Crippen LogP contribution in [0.4, 0.5) is 0 Å². The number of nitrogens with zero attached hydrogens (tertiary/aromatic N) is 2. The third-order valence-corrected chi connectivity index (χ3v) is 3.72. The van der Waals surface area contributed by atoms with Gasteiger partial charge in [0.15, 0.2) is 0 Å². The Labute approximate surface area is 95.5 Å². The number of fused-ring (bicyclic) bond motifs is 1. The van der Waals surface area contributed by atoms with Crippen molar-refractivity contribution in [2.75, 3.05) is 7.05 Å². The molecule has 0 amide bonds. The number of aromatic nitrogens is 2. The third-order valence-electron chi connectivity index (χ3n) is 3.72. The average molecular weight is 215 g/mol.